The molecule has 0 aromatic heterocycles. The minimum atomic E-state index is -4.49. The first-order valence-corrected chi connectivity index (χ1v) is 8.98. The predicted octanol–water partition coefficient (Wildman–Crippen LogP) is 4.92. The molecule has 2 aromatic carbocycles. The molecule has 0 aliphatic heterocycles. The van der Waals surface area contributed by atoms with E-state index in [4.69, 9.17) is 9.47 Å². The highest BCUT2D eigenvalue weighted by Gasteiger charge is 2.30. The van der Waals surface area contributed by atoms with Crippen molar-refractivity contribution in [2.45, 2.75) is 33.1 Å². The highest BCUT2D eigenvalue weighted by Crippen LogP contribution is 2.30. The van der Waals surface area contributed by atoms with Crippen LogP contribution in [-0.2, 0) is 15.7 Å². The normalized spacial score (nSPS) is 12.4. The van der Waals surface area contributed by atoms with Crippen molar-refractivity contribution in [3.05, 3.63) is 59.7 Å². The molecule has 0 bridgehead atoms. The van der Waals surface area contributed by atoms with Crippen LogP contribution in [0, 0.1) is 5.92 Å². The van der Waals surface area contributed by atoms with Crippen LogP contribution in [0.15, 0.2) is 48.5 Å². The Morgan fingerprint density at radius 1 is 1.03 bits per heavy atom. The molecular weight excluding hydrogens is 387 g/mol. The Hall–Kier alpha value is -3.03. The van der Waals surface area contributed by atoms with Crippen molar-refractivity contribution in [1.82, 2.24) is 0 Å². The summed E-state index contributed by atoms with van der Waals surface area (Å²) in [5.41, 5.74) is -0.589. The van der Waals surface area contributed by atoms with Gasteiger partial charge in [-0.15, -0.1) is 0 Å². The van der Waals surface area contributed by atoms with Crippen LogP contribution in [0.2, 0.25) is 0 Å². The summed E-state index contributed by atoms with van der Waals surface area (Å²) in [5, 5.41) is 2.42. The van der Waals surface area contributed by atoms with Gasteiger partial charge in [0.05, 0.1) is 12.2 Å². The molecule has 2 rings (SSSR count). The van der Waals surface area contributed by atoms with Gasteiger partial charge in [-0.3, -0.25) is 4.79 Å². The van der Waals surface area contributed by atoms with E-state index < -0.39 is 29.7 Å². The van der Waals surface area contributed by atoms with Gasteiger partial charge in [0.15, 0.2) is 6.10 Å². The van der Waals surface area contributed by atoms with Crippen molar-refractivity contribution in [3.63, 3.8) is 0 Å². The highest BCUT2D eigenvalue weighted by molar-refractivity contribution is 6.04. The zero-order chi connectivity index (χ0) is 21.6. The summed E-state index contributed by atoms with van der Waals surface area (Å²) in [4.78, 5) is 24.1. The van der Waals surface area contributed by atoms with Gasteiger partial charge in [0, 0.05) is 11.3 Å². The number of carbonyl (C=O) groups excluding carboxylic acids is 2. The molecule has 0 saturated carbocycles. The van der Waals surface area contributed by atoms with Gasteiger partial charge >= 0.3 is 12.1 Å². The van der Waals surface area contributed by atoms with Crippen molar-refractivity contribution >= 4 is 17.6 Å². The number of rotatable bonds is 7. The summed E-state index contributed by atoms with van der Waals surface area (Å²) < 4.78 is 48.9. The standard InChI is InChI=1S/C21H22F3NO4/c1-13(2)12-28-20(27)14(3)29-18-9-7-15(8-10-18)19(26)25-17-6-4-5-16(11-17)21(22,23)24/h4-11,13-14H,12H2,1-3H3,(H,25,26)/t14-/m0/s1. The molecule has 2 aromatic rings. The van der Waals surface area contributed by atoms with Crippen LogP contribution in [0.4, 0.5) is 18.9 Å². The quantitative estimate of drug-likeness (QED) is 0.659. The lowest BCUT2D eigenvalue weighted by molar-refractivity contribution is -0.152. The Bertz CT molecular complexity index is 848. The number of amides is 1. The third kappa shape index (κ3) is 6.81. The van der Waals surface area contributed by atoms with Crippen LogP contribution >= 0.6 is 0 Å². The minimum Gasteiger partial charge on any atom is -0.479 e. The molecular formula is C21H22F3NO4. The lowest BCUT2D eigenvalue weighted by Crippen LogP contribution is -2.27. The number of anilines is 1. The molecule has 1 amide bonds. The van der Waals surface area contributed by atoms with E-state index in [-0.39, 0.29) is 17.2 Å². The monoisotopic (exact) mass is 409 g/mol. The average Bonchev–Trinajstić information content (AvgIpc) is 2.66. The Morgan fingerprint density at radius 2 is 1.69 bits per heavy atom. The maximum absolute atomic E-state index is 12.8. The number of hydrogen-bond donors (Lipinski definition) is 1. The molecule has 29 heavy (non-hydrogen) atoms. The number of halogens is 3. The van der Waals surface area contributed by atoms with Crippen molar-refractivity contribution in [3.8, 4) is 5.75 Å². The zero-order valence-corrected chi connectivity index (χ0v) is 16.2. The van der Waals surface area contributed by atoms with Gasteiger partial charge in [-0.2, -0.15) is 13.2 Å². The van der Waals surface area contributed by atoms with Crippen molar-refractivity contribution in [1.29, 1.82) is 0 Å². The number of ether oxygens (including phenoxy) is 2. The maximum Gasteiger partial charge on any atom is 0.416 e. The lowest BCUT2D eigenvalue weighted by atomic mass is 10.1. The largest absolute Gasteiger partial charge is 0.479 e. The van der Waals surface area contributed by atoms with Crippen LogP contribution in [0.25, 0.3) is 0 Å². The fourth-order valence-corrected chi connectivity index (χ4v) is 2.28. The van der Waals surface area contributed by atoms with Crippen molar-refractivity contribution in [2.75, 3.05) is 11.9 Å². The fraction of sp³-hybridized carbons (Fsp3) is 0.333. The summed E-state index contributed by atoms with van der Waals surface area (Å²) in [6.45, 7) is 5.68. The van der Waals surface area contributed by atoms with E-state index >= 15 is 0 Å². The number of benzene rings is 2. The van der Waals surface area contributed by atoms with E-state index in [9.17, 15) is 22.8 Å². The number of esters is 1. The van der Waals surface area contributed by atoms with Crippen LogP contribution in [0.5, 0.6) is 5.75 Å². The van der Waals surface area contributed by atoms with Crippen LogP contribution in [0.1, 0.15) is 36.7 Å². The summed E-state index contributed by atoms with van der Waals surface area (Å²) in [6.07, 6.45) is -5.31. The van der Waals surface area contributed by atoms with Gasteiger partial charge in [-0.1, -0.05) is 19.9 Å². The van der Waals surface area contributed by atoms with E-state index in [2.05, 4.69) is 5.32 Å². The average molecular weight is 409 g/mol. The van der Waals surface area contributed by atoms with E-state index in [1.54, 1.807) is 6.92 Å². The maximum atomic E-state index is 12.8. The van der Waals surface area contributed by atoms with E-state index in [1.807, 2.05) is 13.8 Å². The van der Waals surface area contributed by atoms with Gasteiger partial charge in [0.2, 0.25) is 0 Å². The first-order valence-electron chi connectivity index (χ1n) is 8.98. The van der Waals surface area contributed by atoms with E-state index in [0.29, 0.717) is 12.4 Å². The molecule has 0 saturated heterocycles. The molecule has 156 valence electrons. The van der Waals surface area contributed by atoms with Crippen LogP contribution in [-0.4, -0.2) is 24.6 Å². The highest BCUT2D eigenvalue weighted by atomic mass is 19.4. The molecule has 0 aliphatic rings. The summed E-state index contributed by atoms with van der Waals surface area (Å²) in [5.74, 6) is -0.499. The topological polar surface area (TPSA) is 64.6 Å². The molecule has 0 aliphatic carbocycles. The first kappa shape index (κ1) is 22.3. The van der Waals surface area contributed by atoms with Crippen molar-refractivity contribution < 1.29 is 32.2 Å². The third-order valence-corrected chi connectivity index (χ3v) is 3.77. The van der Waals surface area contributed by atoms with Gasteiger partial charge in [-0.25, -0.2) is 4.79 Å². The summed E-state index contributed by atoms with van der Waals surface area (Å²) >= 11 is 0. The van der Waals surface area contributed by atoms with Gasteiger partial charge in [-0.05, 0) is 55.3 Å². The second kappa shape index (κ2) is 9.45. The Balaban J connectivity index is 1.97. The molecule has 0 heterocycles. The summed E-state index contributed by atoms with van der Waals surface area (Å²) in [6, 6.07) is 10.3. The number of carbonyl (C=O) groups is 2. The SMILES string of the molecule is CC(C)COC(=O)[C@H](C)Oc1ccc(C(=O)Nc2cccc(C(F)(F)F)c2)cc1. The Kier molecular flexibility index (Phi) is 7.25. The van der Waals surface area contributed by atoms with Crippen LogP contribution < -0.4 is 10.1 Å². The Labute approximate surface area is 166 Å². The third-order valence-electron chi connectivity index (χ3n) is 3.77. The molecule has 0 fully saturated rings. The van der Waals surface area contributed by atoms with Gasteiger partial charge in [0.25, 0.3) is 5.91 Å². The number of alkyl halides is 3. The lowest BCUT2D eigenvalue weighted by Gasteiger charge is -2.15. The van der Waals surface area contributed by atoms with E-state index in [1.165, 1.54) is 36.4 Å². The molecule has 0 unspecified atom stereocenters. The van der Waals surface area contributed by atoms with Gasteiger partial charge in [0.1, 0.15) is 5.75 Å². The molecule has 1 N–H and O–H groups in total. The summed E-state index contributed by atoms with van der Waals surface area (Å²) in [7, 11) is 0. The fourth-order valence-electron chi connectivity index (χ4n) is 2.28. The van der Waals surface area contributed by atoms with Crippen molar-refractivity contribution in [2.24, 2.45) is 5.92 Å². The van der Waals surface area contributed by atoms with Crippen LogP contribution in [0.3, 0.4) is 0 Å². The molecule has 0 spiro atoms. The minimum absolute atomic E-state index is 0.0340. The molecule has 1 atom stereocenters. The zero-order valence-electron chi connectivity index (χ0n) is 16.2. The second-order valence-corrected chi connectivity index (χ2v) is 6.84. The molecule has 5 nitrogen and oxygen atoms in total. The molecule has 0 radical (unpaired) electrons. The van der Waals surface area contributed by atoms with Gasteiger partial charge < -0.3 is 14.8 Å². The Morgan fingerprint density at radius 3 is 2.28 bits per heavy atom. The number of nitrogens with one attached hydrogen (secondary N) is 1. The second-order valence-electron chi connectivity index (χ2n) is 6.84. The van der Waals surface area contributed by atoms with E-state index in [0.717, 1.165) is 12.1 Å². The molecule has 8 heteroatoms. The first-order chi connectivity index (χ1) is 13.6. The number of hydrogen-bond acceptors (Lipinski definition) is 4. The smallest absolute Gasteiger partial charge is 0.416 e. The predicted molar refractivity (Wildman–Crippen MR) is 102 cm³/mol.